The number of rotatable bonds is 2. The average molecular weight is 472 g/mol. The quantitative estimate of drug-likeness (QED) is 0.336. The maximum Gasteiger partial charge on any atom is 0.323 e. The van der Waals surface area contributed by atoms with Crippen LogP contribution in [0.2, 0.25) is 0 Å². The number of aromatic nitrogens is 1. The predicted octanol–water partition coefficient (Wildman–Crippen LogP) is 7.00. The van der Waals surface area contributed by atoms with Gasteiger partial charge in [-0.3, -0.25) is 0 Å². The van der Waals surface area contributed by atoms with E-state index in [4.69, 9.17) is 0 Å². The summed E-state index contributed by atoms with van der Waals surface area (Å²) in [4.78, 5) is 17.1. The summed E-state index contributed by atoms with van der Waals surface area (Å²) in [5.41, 5.74) is 6.09. The van der Waals surface area contributed by atoms with Crippen LogP contribution >= 0.6 is 11.3 Å². The molecule has 6 heteroatoms. The second kappa shape index (κ2) is 8.44. The first-order chi connectivity index (χ1) is 16.6. The Kier molecular flexibility index (Phi) is 5.26. The molecule has 2 aromatic carbocycles. The van der Waals surface area contributed by atoms with Gasteiger partial charge in [0.1, 0.15) is 10.8 Å². The molecule has 2 aromatic heterocycles. The van der Waals surface area contributed by atoms with Crippen molar-refractivity contribution in [2.24, 2.45) is 0 Å². The van der Waals surface area contributed by atoms with Crippen LogP contribution in [-0.4, -0.2) is 15.5 Å². The fourth-order valence-corrected chi connectivity index (χ4v) is 6.64. The molecule has 1 atom stereocenters. The lowest BCUT2D eigenvalue weighted by molar-refractivity contribution is 0.194. The minimum atomic E-state index is -0.436. The molecule has 0 saturated heterocycles. The van der Waals surface area contributed by atoms with Crippen LogP contribution in [0.1, 0.15) is 51.7 Å². The van der Waals surface area contributed by atoms with Gasteiger partial charge in [0.25, 0.3) is 0 Å². The number of fused-ring (bicyclic) bond motifs is 5. The third-order valence-corrected chi connectivity index (χ3v) is 8.28. The van der Waals surface area contributed by atoms with Crippen LogP contribution in [0.3, 0.4) is 0 Å². The third-order valence-electron chi connectivity index (χ3n) is 6.95. The van der Waals surface area contributed by atoms with Gasteiger partial charge in [0, 0.05) is 16.6 Å². The molecule has 4 aromatic rings. The van der Waals surface area contributed by atoms with Gasteiger partial charge in [0.15, 0.2) is 0 Å². The normalized spacial score (nSPS) is 16.9. The SMILES string of the molecule is Cc1ccc([C@@H]2c3cccn3-c3sc4c(c3CN2C(=O)Nc2ccccc2F)CCCC4)cc1. The fourth-order valence-electron chi connectivity index (χ4n) is 5.24. The summed E-state index contributed by atoms with van der Waals surface area (Å²) in [6.07, 6.45) is 6.66. The molecule has 4 nitrogen and oxygen atoms in total. The highest BCUT2D eigenvalue weighted by molar-refractivity contribution is 7.15. The first-order valence-electron chi connectivity index (χ1n) is 11.8. The molecule has 0 bridgehead atoms. The van der Waals surface area contributed by atoms with Gasteiger partial charge in [-0.1, -0.05) is 42.0 Å². The Morgan fingerprint density at radius 3 is 2.62 bits per heavy atom. The molecule has 1 aliphatic carbocycles. The molecule has 1 aliphatic heterocycles. The van der Waals surface area contributed by atoms with Crippen molar-refractivity contribution in [3.05, 3.63) is 106 Å². The Morgan fingerprint density at radius 1 is 1.00 bits per heavy atom. The summed E-state index contributed by atoms with van der Waals surface area (Å²) in [5, 5.41) is 4.06. The Morgan fingerprint density at radius 2 is 1.79 bits per heavy atom. The number of amides is 2. The molecule has 0 spiro atoms. The number of nitrogens with one attached hydrogen (secondary N) is 1. The fraction of sp³-hybridized carbons (Fsp3) is 0.250. The smallest absolute Gasteiger partial charge is 0.310 e. The van der Waals surface area contributed by atoms with Crippen LogP contribution in [0, 0.1) is 12.7 Å². The van der Waals surface area contributed by atoms with E-state index in [0.29, 0.717) is 6.54 Å². The van der Waals surface area contributed by atoms with E-state index in [1.54, 1.807) is 18.2 Å². The molecule has 172 valence electrons. The van der Waals surface area contributed by atoms with Crippen LogP contribution < -0.4 is 5.32 Å². The number of hydrogen-bond acceptors (Lipinski definition) is 2. The maximum atomic E-state index is 14.4. The van der Waals surface area contributed by atoms with Crippen LogP contribution in [0.5, 0.6) is 0 Å². The number of para-hydroxylation sites is 1. The molecule has 0 unspecified atom stereocenters. The van der Waals surface area contributed by atoms with Crippen molar-refractivity contribution in [1.82, 2.24) is 9.47 Å². The van der Waals surface area contributed by atoms with E-state index >= 15 is 0 Å². The lowest BCUT2D eigenvalue weighted by Gasteiger charge is -2.31. The minimum Gasteiger partial charge on any atom is -0.310 e. The van der Waals surface area contributed by atoms with Crippen molar-refractivity contribution in [1.29, 1.82) is 0 Å². The summed E-state index contributed by atoms with van der Waals surface area (Å²) >= 11 is 1.86. The number of carbonyl (C=O) groups is 1. The third kappa shape index (κ3) is 3.53. The van der Waals surface area contributed by atoms with Crippen LogP contribution in [0.15, 0.2) is 66.9 Å². The van der Waals surface area contributed by atoms with Gasteiger partial charge in [0.05, 0.1) is 24.0 Å². The molecule has 1 N–H and O–H groups in total. The van der Waals surface area contributed by atoms with E-state index in [1.165, 1.54) is 45.5 Å². The highest BCUT2D eigenvalue weighted by Crippen LogP contribution is 2.44. The Hall–Kier alpha value is -3.38. The number of aryl methyl sites for hydroxylation is 2. The van der Waals surface area contributed by atoms with Crippen molar-refractivity contribution in [2.75, 3.05) is 5.32 Å². The topological polar surface area (TPSA) is 37.3 Å². The molecule has 3 heterocycles. The Labute approximate surface area is 202 Å². The summed E-state index contributed by atoms with van der Waals surface area (Å²) in [5.74, 6) is -0.436. The maximum absolute atomic E-state index is 14.4. The number of anilines is 1. The highest BCUT2D eigenvalue weighted by atomic mass is 32.1. The number of carbonyl (C=O) groups excluding carboxylic acids is 1. The number of benzene rings is 2. The van der Waals surface area contributed by atoms with E-state index in [0.717, 1.165) is 24.1 Å². The lowest BCUT2D eigenvalue weighted by Crippen LogP contribution is -2.38. The second-order valence-electron chi connectivity index (χ2n) is 9.15. The number of urea groups is 1. The molecule has 6 rings (SSSR count). The molecule has 0 radical (unpaired) electrons. The lowest BCUT2D eigenvalue weighted by atomic mass is 9.95. The van der Waals surface area contributed by atoms with Gasteiger partial charge in [0.2, 0.25) is 0 Å². The number of halogens is 1. The Bertz CT molecular complexity index is 1370. The van der Waals surface area contributed by atoms with Crippen molar-refractivity contribution in [3.63, 3.8) is 0 Å². The number of hydrogen-bond donors (Lipinski definition) is 1. The van der Waals surface area contributed by atoms with Gasteiger partial charge >= 0.3 is 6.03 Å². The minimum absolute atomic E-state index is 0.197. The summed E-state index contributed by atoms with van der Waals surface area (Å²) in [6, 6.07) is 18.2. The molecule has 2 amide bonds. The summed E-state index contributed by atoms with van der Waals surface area (Å²) in [6.45, 7) is 2.55. The highest BCUT2D eigenvalue weighted by Gasteiger charge is 2.36. The second-order valence-corrected chi connectivity index (χ2v) is 10.2. The van der Waals surface area contributed by atoms with Crippen LogP contribution in [-0.2, 0) is 19.4 Å². The average Bonchev–Trinajstić information content (AvgIpc) is 3.43. The molecular formula is C28H26FN3OS. The standard InChI is InChI=1S/C28H26FN3OS/c1-18-12-14-19(15-13-18)26-24-10-6-16-31(24)27-21(20-7-2-5-11-25(20)34-27)17-32(26)28(33)30-23-9-4-3-8-22(23)29/h3-4,6,8-10,12-16,26H,2,5,7,11,17H2,1H3,(H,30,33)/t26-/m1/s1. The van der Waals surface area contributed by atoms with Crippen LogP contribution in [0.4, 0.5) is 14.9 Å². The number of thiophene rings is 1. The van der Waals surface area contributed by atoms with E-state index in [2.05, 4.69) is 59.4 Å². The molecule has 34 heavy (non-hydrogen) atoms. The molecular weight excluding hydrogens is 445 g/mol. The van der Waals surface area contributed by atoms with Crippen molar-refractivity contribution in [2.45, 2.75) is 45.2 Å². The van der Waals surface area contributed by atoms with E-state index in [1.807, 2.05) is 16.2 Å². The van der Waals surface area contributed by atoms with Gasteiger partial charge in [-0.2, -0.15) is 0 Å². The summed E-state index contributed by atoms with van der Waals surface area (Å²) < 4.78 is 16.7. The first kappa shape index (κ1) is 21.2. The van der Waals surface area contributed by atoms with Gasteiger partial charge in [-0.05, 0) is 68.0 Å². The van der Waals surface area contributed by atoms with Gasteiger partial charge in [-0.25, -0.2) is 9.18 Å². The van der Waals surface area contributed by atoms with E-state index < -0.39 is 5.82 Å². The molecule has 2 aliphatic rings. The van der Waals surface area contributed by atoms with Crippen LogP contribution in [0.25, 0.3) is 5.00 Å². The van der Waals surface area contributed by atoms with Crippen molar-refractivity contribution < 1.29 is 9.18 Å². The largest absolute Gasteiger partial charge is 0.323 e. The van der Waals surface area contributed by atoms with Gasteiger partial charge < -0.3 is 14.8 Å². The first-order valence-corrected chi connectivity index (χ1v) is 12.6. The van der Waals surface area contributed by atoms with E-state index in [9.17, 15) is 9.18 Å². The predicted molar refractivity (Wildman–Crippen MR) is 134 cm³/mol. The zero-order chi connectivity index (χ0) is 23.2. The van der Waals surface area contributed by atoms with E-state index in [-0.39, 0.29) is 17.8 Å². The monoisotopic (exact) mass is 471 g/mol. The van der Waals surface area contributed by atoms with Crippen molar-refractivity contribution >= 4 is 23.1 Å². The molecule has 0 saturated carbocycles. The summed E-state index contributed by atoms with van der Waals surface area (Å²) in [7, 11) is 0. The number of nitrogens with zero attached hydrogens (tertiary/aromatic N) is 2. The van der Waals surface area contributed by atoms with Crippen molar-refractivity contribution in [3.8, 4) is 5.00 Å². The Balaban J connectivity index is 1.51. The zero-order valence-electron chi connectivity index (χ0n) is 19.1. The zero-order valence-corrected chi connectivity index (χ0v) is 19.9. The van der Waals surface area contributed by atoms with Gasteiger partial charge in [-0.15, -0.1) is 11.3 Å². The molecule has 0 fully saturated rings.